The van der Waals surface area contributed by atoms with Crippen LogP contribution in [0.15, 0.2) is 54.9 Å². The lowest BCUT2D eigenvalue weighted by Gasteiger charge is -2.35. The van der Waals surface area contributed by atoms with Gasteiger partial charge in [-0.05, 0) is 24.3 Å². The van der Waals surface area contributed by atoms with E-state index in [2.05, 4.69) is 4.98 Å². The number of carboxylic acid groups (broad SMARTS) is 1. The number of hydrogen-bond donors (Lipinski definition) is 1. The van der Waals surface area contributed by atoms with Crippen molar-refractivity contribution in [2.75, 3.05) is 31.1 Å². The molecule has 27 heavy (non-hydrogen) atoms. The largest absolute Gasteiger partial charge is 0.478 e. The molecule has 1 amide bonds. The van der Waals surface area contributed by atoms with Crippen LogP contribution in [0.2, 0.25) is 0 Å². The van der Waals surface area contributed by atoms with E-state index in [1.807, 2.05) is 17.0 Å². The summed E-state index contributed by atoms with van der Waals surface area (Å²) in [5, 5.41) is 9.33. The summed E-state index contributed by atoms with van der Waals surface area (Å²) >= 11 is 0. The normalized spacial score (nSPS) is 15.3. The summed E-state index contributed by atoms with van der Waals surface area (Å²) in [5.74, 6) is -2.01. The van der Waals surface area contributed by atoms with Crippen LogP contribution >= 0.6 is 0 Å². The second-order valence-corrected chi connectivity index (χ2v) is 6.06. The summed E-state index contributed by atoms with van der Waals surface area (Å²) in [5.41, 5.74) is 0.875. The van der Waals surface area contributed by atoms with Crippen LogP contribution in [0.5, 0.6) is 5.75 Å². The predicted octanol–water partition coefficient (Wildman–Crippen LogP) is 0.831. The van der Waals surface area contributed by atoms with E-state index in [9.17, 15) is 19.5 Å². The Morgan fingerprint density at radius 1 is 1.11 bits per heavy atom. The number of carboxylic acids is 1. The van der Waals surface area contributed by atoms with Crippen LogP contribution in [-0.2, 0) is 14.4 Å². The Bertz CT molecular complexity index is 813. The number of carbonyl (C=O) groups excluding carboxylic acids is 2. The van der Waals surface area contributed by atoms with Gasteiger partial charge in [-0.1, -0.05) is 18.2 Å². The Morgan fingerprint density at radius 3 is 2.44 bits per heavy atom. The maximum Gasteiger partial charge on any atom is 0.352 e. The summed E-state index contributed by atoms with van der Waals surface area (Å²) in [6, 6.07) is 11.9. The third-order valence-corrected chi connectivity index (χ3v) is 4.21. The number of nitrogens with zero attached hydrogens (tertiary/aromatic N) is 3. The lowest BCUT2D eigenvalue weighted by Crippen LogP contribution is -2.53. The first-order valence-electron chi connectivity index (χ1n) is 8.44. The minimum Gasteiger partial charge on any atom is -0.478 e. The van der Waals surface area contributed by atoms with Crippen molar-refractivity contribution in [3.05, 3.63) is 54.9 Å². The molecule has 0 aliphatic carbocycles. The molecule has 2 aromatic rings. The first-order chi connectivity index (χ1) is 13.0. The number of anilines is 1. The first-order valence-corrected chi connectivity index (χ1v) is 8.44. The number of carbonyl (C=O) groups is 3. The van der Waals surface area contributed by atoms with Crippen LogP contribution in [0.4, 0.5) is 5.69 Å². The molecule has 1 fully saturated rings. The number of ether oxygens (including phenoxy) is 1. The summed E-state index contributed by atoms with van der Waals surface area (Å²) in [6.07, 6.45) is 1.64. The van der Waals surface area contributed by atoms with Gasteiger partial charge in [0, 0.05) is 31.2 Å². The lowest BCUT2D eigenvalue weighted by atomic mass is 10.2. The third-order valence-electron chi connectivity index (χ3n) is 4.21. The fraction of sp³-hybridized carbons (Fsp3) is 0.263. The minimum atomic E-state index is -1.65. The van der Waals surface area contributed by atoms with E-state index in [4.69, 9.17) is 4.74 Å². The van der Waals surface area contributed by atoms with Gasteiger partial charge in [0.15, 0.2) is 0 Å². The number of ketones is 1. The lowest BCUT2D eigenvalue weighted by molar-refractivity contribution is -0.152. The smallest absolute Gasteiger partial charge is 0.352 e. The molecular weight excluding hydrogens is 350 g/mol. The van der Waals surface area contributed by atoms with Gasteiger partial charge in [0.2, 0.25) is 11.7 Å². The number of rotatable bonds is 7. The topological polar surface area (TPSA) is 100 Å². The number of Topliss-reactive ketones (excluding diaryl/α,β-unsaturated/α-hetero) is 1. The fourth-order valence-electron chi connectivity index (χ4n) is 2.81. The van der Waals surface area contributed by atoms with Crippen LogP contribution in [-0.4, -0.2) is 64.9 Å². The molecule has 1 aliphatic heterocycles. The average molecular weight is 369 g/mol. The van der Waals surface area contributed by atoms with Crippen LogP contribution in [0, 0.1) is 0 Å². The van der Waals surface area contributed by atoms with Crippen LogP contribution < -0.4 is 9.64 Å². The molecule has 1 saturated heterocycles. The molecule has 8 nitrogen and oxygen atoms in total. The van der Waals surface area contributed by atoms with Gasteiger partial charge in [-0.3, -0.25) is 14.6 Å². The highest BCUT2D eigenvalue weighted by Gasteiger charge is 2.33. The zero-order valence-corrected chi connectivity index (χ0v) is 14.5. The van der Waals surface area contributed by atoms with Gasteiger partial charge >= 0.3 is 5.97 Å². The molecule has 8 heteroatoms. The highest BCUT2D eigenvalue weighted by atomic mass is 16.5. The minimum absolute atomic E-state index is 0.120. The number of hydrogen-bond acceptors (Lipinski definition) is 6. The van der Waals surface area contributed by atoms with Crippen LogP contribution in [0.1, 0.15) is 0 Å². The Labute approximate surface area is 156 Å². The molecule has 0 radical (unpaired) electrons. The summed E-state index contributed by atoms with van der Waals surface area (Å²) in [6.45, 7) is 0.687. The number of para-hydroxylation sites is 1. The number of pyridine rings is 1. The van der Waals surface area contributed by atoms with E-state index in [1.54, 1.807) is 42.7 Å². The van der Waals surface area contributed by atoms with E-state index in [-0.39, 0.29) is 24.7 Å². The van der Waals surface area contributed by atoms with E-state index in [1.165, 1.54) is 4.90 Å². The van der Waals surface area contributed by atoms with Gasteiger partial charge in [-0.15, -0.1) is 0 Å². The molecule has 0 saturated carbocycles. The zero-order chi connectivity index (χ0) is 19.2. The zero-order valence-electron chi connectivity index (χ0n) is 14.5. The van der Waals surface area contributed by atoms with Crippen molar-refractivity contribution in [3.8, 4) is 5.75 Å². The second-order valence-electron chi connectivity index (χ2n) is 6.06. The number of aliphatic carboxylic acids is 1. The molecule has 1 aromatic carbocycles. The van der Waals surface area contributed by atoms with Crippen molar-refractivity contribution in [1.82, 2.24) is 9.88 Å². The average Bonchev–Trinajstić information content (AvgIpc) is 2.69. The van der Waals surface area contributed by atoms with Crippen molar-refractivity contribution in [2.24, 2.45) is 0 Å². The number of aromatic nitrogens is 1. The van der Waals surface area contributed by atoms with Gasteiger partial charge in [0.1, 0.15) is 5.75 Å². The van der Waals surface area contributed by atoms with Crippen molar-refractivity contribution < 1.29 is 24.2 Å². The van der Waals surface area contributed by atoms with E-state index >= 15 is 0 Å². The van der Waals surface area contributed by atoms with Gasteiger partial charge < -0.3 is 19.6 Å². The van der Waals surface area contributed by atoms with Gasteiger partial charge in [-0.25, -0.2) is 4.79 Å². The standard InChI is InChI=1S/C19H19N3O5/c23-16(18(19(25)26)27-15-4-2-1-3-5-15)12-22-11-10-21(13-17(22)24)14-6-8-20-9-7-14/h1-9,18H,10-13H2,(H,25,26). The third kappa shape index (κ3) is 4.60. The molecule has 0 bridgehead atoms. The molecular formula is C19H19N3O5. The molecule has 3 rings (SSSR count). The fourth-order valence-corrected chi connectivity index (χ4v) is 2.81. The number of piperazine rings is 1. The maximum absolute atomic E-state index is 12.4. The summed E-state index contributed by atoms with van der Waals surface area (Å²) in [7, 11) is 0. The summed E-state index contributed by atoms with van der Waals surface area (Å²) in [4.78, 5) is 43.5. The highest BCUT2D eigenvalue weighted by Crippen LogP contribution is 2.16. The Balaban J connectivity index is 1.61. The van der Waals surface area contributed by atoms with Gasteiger partial charge in [0.05, 0.1) is 13.1 Å². The second kappa shape index (κ2) is 8.31. The monoisotopic (exact) mass is 369 g/mol. The van der Waals surface area contributed by atoms with Crippen LogP contribution in [0.25, 0.3) is 0 Å². The molecule has 0 spiro atoms. The van der Waals surface area contributed by atoms with E-state index in [0.717, 1.165) is 5.69 Å². The molecule has 1 N–H and O–H groups in total. The molecule has 1 atom stereocenters. The SMILES string of the molecule is O=C(O)C(Oc1ccccc1)C(=O)CN1CCN(c2ccncc2)CC1=O. The van der Waals surface area contributed by atoms with Crippen molar-refractivity contribution in [1.29, 1.82) is 0 Å². The molecule has 140 valence electrons. The van der Waals surface area contributed by atoms with E-state index < -0.39 is 17.9 Å². The predicted molar refractivity (Wildman–Crippen MR) is 96.5 cm³/mol. The number of benzene rings is 1. The van der Waals surface area contributed by atoms with Gasteiger partial charge in [0.25, 0.3) is 6.10 Å². The first kappa shape index (κ1) is 18.4. The van der Waals surface area contributed by atoms with E-state index in [0.29, 0.717) is 13.1 Å². The Morgan fingerprint density at radius 2 is 1.81 bits per heavy atom. The number of amides is 1. The van der Waals surface area contributed by atoms with Gasteiger partial charge in [-0.2, -0.15) is 0 Å². The van der Waals surface area contributed by atoms with Crippen LogP contribution in [0.3, 0.4) is 0 Å². The van der Waals surface area contributed by atoms with Crippen molar-refractivity contribution >= 4 is 23.3 Å². The quantitative estimate of drug-likeness (QED) is 0.722. The Kier molecular flexibility index (Phi) is 5.65. The maximum atomic E-state index is 12.4. The molecule has 1 unspecified atom stereocenters. The Hall–Kier alpha value is -3.42. The van der Waals surface area contributed by atoms with Crippen molar-refractivity contribution in [3.63, 3.8) is 0 Å². The molecule has 2 heterocycles. The summed E-state index contributed by atoms with van der Waals surface area (Å²) < 4.78 is 5.30. The molecule has 1 aliphatic rings. The van der Waals surface area contributed by atoms with Crippen molar-refractivity contribution in [2.45, 2.75) is 6.10 Å². The molecule has 1 aromatic heterocycles. The highest BCUT2D eigenvalue weighted by molar-refractivity contribution is 6.03.